The maximum atomic E-state index is 6.22. The van der Waals surface area contributed by atoms with Crippen molar-refractivity contribution in [2.24, 2.45) is 0 Å². The summed E-state index contributed by atoms with van der Waals surface area (Å²) in [4.78, 5) is 4.61. The third kappa shape index (κ3) is 2.31. The average molecular weight is 348 g/mol. The second-order valence-electron chi connectivity index (χ2n) is 4.50. The Bertz CT molecular complexity index is 792. The molecule has 0 aliphatic heterocycles. The number of nitrogens with zero attached hydrogens (tertiary/aromatic N) is 2. The Morgan fingerprint density at radius 1 is 1.14 bits per heavy atom. The summed E-state index contributed by atoms with van der Waals surface area (Å²) < 4.78 is 13.3. The number of pyridine rings is 1. The second-order valence-corrected chi connectivity index (χ2v) is 5.35. The molecule has 5 nitrogen and oxygen atoms in total. The Morgan fingerprint density at radius 2 is 1.81 bits per heavy atom. The van der Waals surface area contributed by atoms with Gasteiger partial charge < -0.3 is 15.2 Å². The zero-order valence-corrected chi connectivity index (χ0v) is 13.2. The van der Waals surface area contributed by atoms with Crippen molar-refractivity contribution in [2.45, 2.75) is 0 Å². The zero-order valence-electron chi connectivity index (χ0n) is 11.6. The summed E-state index contributed by atoms with van der Waals surface area (Å²) >= 11 is 3.48. The smallest absolute Gasteiger partial charge is 0.153 e. The summed E-state index contributed by atoms with van der Waals surface area (Å²) in [5, 5.41) is 0. The van der Waals surface area contributed by atoms with Gasteiger partial charge in [-0.05, 0) is 40.2 Å². The fourth-order valence-corrected chi connectivity index (χ4v) is 2.64. The Hall–Kier alpha value is -2.21. The van der Waals surface area contributed by atoms with Crippen LogP contribution in [0.15, 0.2) is 41.0 Å². The Balaban J connectivity index is 2.25. The summed E-state index contributed by atoms with van der Waals surface area (Å²) in [5.41, 5.74) is 8.53. The third-order valence-electron chi connectivity index (χ3n) is 3.26. The van der Waals surface area contributed by atoms with Gasteiger partial charge in [0.25, 0.3) is 0 Å². The Labute approximate surface area is 130 Å². The lowest BCUT2D eigenvalue weighted by atomic mass is 10.1. The molecule has 0 aliphatic rings. The lowest BCUT2D eigenvalue weighted by Crippen LogP contribution is -1.94. The van der Waals surface area contributed by atoms with Crippen LogP contribution in [0.25, 0.3) is 16.9 Å². The van der Waals surface area contributed by atoms with Crippen LogP contribution in [-0.2, 0) is 0 Å². The van der Waals surface area contributed by atoms with Gasteiger partial charge >= 0.3 is 0 Å². The van der Waals surface area contributed by atoms with E-state index in [1.165, 1.54) is 0 Å². The molecule has 0 amide bonds. The van der Waals surface area contributed by atoms with E-state index in [1.54, 1.807) is 14.2 Å². The van der Waals surface area contributed by atoms with Crippen LogP contribution < -0.4 is 15.2 Å². The molecule has 0 saturated heterocycles. The minimum Gasteiger partial charge on any atom is -0.497 e. The first-order valence-electron chi connectivity index (χ1n) is 6.29. The van der Waals surface area contributed by atoms with E-state index in [0.717, 1.165) is 15.7 Å². The van der Waals surface area contributed by atoms with Crippen LogP contribution in [-0.4, -0.2) is 23.6 Å². The SMILES string of the molecule is COc1cc(OC)cc(-c2nc3c(Br)cccn3c2N)c1. The van der Waals surface area contributed by atoms with Crippen molar-refractivity contribution in [1.29, 1.82) is 0 Å². The van der Waals surface area contributed by atoms with E-state index in [9.17, 15) is 0 Å². The number of methoxy groups -OCH3 is 2. The molecule has 2 aromatic heterocycles. The van der Waals surface area contributed by atoms with E-state index in [1.807, 2.05) is 40.9 Å². The lowest BCUT2D eigenvalue weighted by molar-refractivity contribution is 0.394. The molecular weight excluding hydrogens is 334 g/mol. The van der Waals surface area contributed by atoms with E-state index < -0.39 is 0 Å². The van der Waals surface area contributed by atoms with E-state index in [2.05, 4.69) is 20.9 Å². The molecule has 6 heteroatoms. The normalized spacial score (nSPS) is 10.8. The molecule has 0 atom stereocenters. The minimum absolute atomic E-state index is 0.571. The number of fused-ring (bicyclic) bond motifs is 1. The van der Waals surface area contributed by atoms with Gasteiger partial charge in [-0.1, -0.05) is 0 Å². The Morgan fingerprint density at radius 3 is 2.38 bits per heavy atom. The molecule has 0 saturated carbocycles. The molecule has 2 heterocycles. The molecule has 108 valence electrons. The van der Waals surface area contributed by atoms with Gasteiger partial charge in [0.15, 0.2) is 5.65 Å². The number of ether oxygens (including phenoxy) is 2. The molecule has 3 aromatic rings. The molecule has 0 spiro atoms. The number of rotatable bonds is 3. The van der Waals surface area contributed by atoms with Crippen molar-refractivity contribution >= 4 is 27.4 Å². The van der Waals surface area contributed by atoms with Crippen molar-refractivity contribution in [3.8, 4) is 22.8 Å². The van der Waals surface area contributed by atoms with Crippen LogP contribution in [0.5, 0.6) is 11.5 Å². The van der Waals surface area contributed by atoms with Crippen LogP contribution in [0, 0.1) is 0 Å². The monoisotopic (exact) mass is 347 g/mol. The molecular formula is C15H14BrN3O2. The van der Waals surface area contributed by atoms with Crippen LogP contribution >= 0.6 is 15.9 Å². The second kappa shape index (κ2) is 5.29. The summed E-state index contributed by atoms with van der Waals surface area (Å²) in [5.74, 6) is 1.96. The van der Waals surface area contributed by atoms with Gasteiger partial charge in [0.2, 0.25) is 0 Å². The Kier molecular flexibility index (Phi) is 3.47. The number of benzene rings is 1. The van der Waals surface area contributed by atoms with Gasteiger partial charge in [-0.3, -0.25) is 4.40 Å². The number of nitrogen functional groups attached to an aromatic ring is 1. The first kappa shape index (κ1) is 13.8. The highest BCUT2D eigenvalue weighted by Crippen LogP contribution is 2.34. The number of nitrogens with two attached hydrogens (primary N) is 1. The fraction of sp³-hybridized carbons (Fsp3) is 0.133. The predicted octanol–water partition coefficient (Wildman–Crippen LogP) is 3.36. The van der Waals surface area contributed by atoms with Crippen LogP contribution in [0.2, 0.25) is 0 Å². The van der Waals surface area contributed by atoms with Crippen LogP contribution in [0.1, 0.15) is 0 Å². The summed E-state index contributed by atoms with van der Waals surface area (Å²) in [6, 6.07) is 9.41. The molecule has 0 bridgehead atoms. The molecule has 0 fully saturated rings. The number of hydrogen-bond acceptors (Lipinski definition) is 4. The number of aromatic nitrogens is 2. The van der Waals surface area contributed by atoms with Crippen molar-refractivity contribution < 1.29 is 9.47 Å². The third-order valence-corrected chi connectivity index (χ3v) is 3.88. The fourth-order valence-electron chi connectivity index (χ4n) is 2.21. The number of halogens is 1. The topological polar surface area (TPSA) is 61.8 Å². The highest BCUT2D eigenvalue weighted by atomic mass is 79.9. The van der Waals surface area contributed by atoms with Gasteiger partial charge in [-0.25, -0.2) is 4.98 Å². The van der Waals surface area contributed by atoms with Crippen molar-refractivity contribution in [1.82, 2.24) is 9.38 Å². The van der Waals surface area contributed by atoms with Crippen molar-refractivity contribution in [3.05, 3.63) is 41.0 Å². The van der Waals surface area contributed by atoms with E-state index in [-0.39, 0.29) is 0 Å². The van der Waals surface area contributed by atoms with Crippen molar-refractivity contribution in [2.75, 3.05) is 20.0 Å². The molecule has 0 aliphatic carbocycles. The molecule has 21 heavy (non-hydrogen) atoms. The highest BCUT2D eigenvalue weighted by Gasteiger charge is 2.14. The highest BCUT2D eigenvalue weighted by molar-refractivity contribution is 9.10. The summed E-state index contributed by atoms with van der Waals surface area (Å²) in [6.45, 7) is 0. The lowest BCUT2D eigenvalue weighted by Gasteiger charge is -2.07. The maximum Gasteiger partial charge on any atom is 0.153 e. The van der Waals surface area contributed by atoms with Gasteiger partial charge in [-0.15, -0.1) is 0 Å². The van der Waals surface area contributed by atoms with Crippen LogP contribution in [0.3, 0.4) is 0 Å². The van der Waals surface area contributed by atoms with E-state index in [4.69, 9.17) is 15.2 Å². The maximum absolute atomic E-state index is 6.22. The van der Waals surface area contributed by atoms with Gasteiger partial charge in [0, 0.05) is 17.8 Å². The van der Waals surface area contributed by atoms with Crippen molar-refractivity contribution in [3.63, 3.8) is 0 Å². The quantitative estimate of drug-likeness (QED) is 0.788. The predicted molar refractivity (Wildman–Crippen MR) is 85.8 cm³/mol. The largest absolute Gasteiger partial charge is 0.497 e. The molecule has 0 unspecified atom stereocenters. The average Bonchev–Trinajstić information content (AvgIpc) is 2.85. The van der Waals surface area contributed by atoms with Gasteiger partial charge in [-0.2, -0.15) is 0 Å². The number of anilines is 1. The first-order chi connectivity index (χ1) is 10.1. The summed E-state index contributed by atoms with van der Waals surface area (Å²) in [6.07, 6.45) is 1.88. The molecule has 0 radical (unpaired) electrons. The van der Waals surface area contributed by atoms with Gasteiger partial charge in [0.05, 0.1) is 18.7 Å². The standard InChI is InChI=1S/C15H14BrN3O2/c1-20-10-6-9(7-11(8-10)21-2)13-14(17)19-5-3-4-12(16)15(19)18-13/h3-8H,17H2,1-2H3. The molecule has 3 rings (SSSR count). The number of hydrogen-bond donors (Lipinski definition) is 1. The molecule has 1 aromatic carbocycles. The van der Waals surface area contributed by atoms with Gasteiger partial charge in [0.1, 0.15) is 23.0 Å². The number of imidazole rings is 1. The van der Waals surface area contributed by atoms with E-state index in [0.29, 0.717) is 23.0 Å². The van der Waals surface area contributed by atoms with E-state index >= 15 is 0 Å². The summed E-state index contributed by atoms with van der Waals surface area (Å²) in [7, 11) is 3.23. The zero-order chi connectivity index (χ0) is 15.0. The molecule has 2 N–H and O–H groups in total. The van der Waals surface area contributed by atoms with Crippen LogP contribution in [0.4, 0.5) is 5.82 Å². The minimum atomic E-state index is 0.571. The first-order valence-corrected chi connectivity index (χ1v) is 7.09.